The number of nitrogens with one attached hydrogen (secondary N) is 1. The van der Waals surface area contributed by atoms with E-state index < -0.39 is 5.92 Å². The summed E-state index contributed by atoms with van der Waals surface area (Å²) >= 11 is 0. The van der Waals surface area contributed by atoms with Gasteiger partial charge in [-0.25, -0.2) is 4.39 Å². The third kappa shape index (κ3) is 4.76. The number of benzene rings is 1. The molecule has 4 rings (SSSR count). The van der Waals surface area contributed by atoms with Gasteiger partial charge in [0, 0.05) is 51.4 Å². The number of halogens is 1. The van der Waals surface area contributed by atoms with Gasteiger partial charge >= 0.3 is 0 Å². The van der Waals surface area contributed by atoms with E-state index in [-0.39, 0.29) is 36.6 Å². The second-order valence-electron chi connectivity index (χ2n) is 8.13. The van der Waals surface area contributed by atoms with E-state index in [1.54, 1.807) is 33.7 Å². The average molecular weight is 427 g/mol. The average Bonchev–Trinajstić information content (AvgIpc) is 3.32. The van der Waals surface area contributed by atoms with Gasteiger partial charge in [0.25, 0.3) is 0 Å². The van der Waals surface area contributed by atoms with Gasteiger partial charge in [-0.1, -0.05) is 12.1 Å². The van der Waals surface area contributed by atoms with Gasteiger partial charge in [0.1, 0.15) is 5.82 Å². The van der Waals surface area contributed by atoms with Gasteiger partial charge < -0.3 is 15.1 Å². The van der Waals surface area contributed by atoms with Crippen molar-refractivity contribution in [3.8, 4) is 0 Å². The van der Waals surface area contributed by atoms with Crippen molar-refractivity contribution in [1.29, 1.82) is 0 Å². The van der Waals surface area contributed by atoms with Crippen molar-refractivity contribution in [2.45, 2.75) is 31.7 Å². The van der Waals surface area contributed by atoms with Crippen LogP contribution in [0.2, 0.25) is 0 Å². The summed E-state index contributed by atoms with van der Waals surface area (Å²) in [5, 5.41) is 7.37. The molecule has 164 valence electrons. The summed E-state index contributed by atoms with van der Waals surface area (Å²) in [6.45, 7) is 1.66. The Labute approximate surface area is 180 Å². The van der Waals surface area contributed by atoms with E-state index in [2.05, 4.69) is 10.4 Å². The zero-order valence-electron chi connectivity index (χ0n) is 17.5. The fourth-order valence-corrected chi connectivity index (χ4v) is 4.18. The predicted molar refractivity (Wildman–Crippen MR) is 110 cm³/mol. The molecular weight excluding hydrogens is 401 g/mol. The second kappa shape index (κ2) is 8.87. The van der Waals surface area contributed by atoms with Crippen LogP contribution >= 0.6 is 0 Å². The largest absolute Gasteiger partial charge is 0.355 e. The maximum absolute atomic E-state index is 13.0. The molecule has 9 heteroatoms. The van der Waals surface area contributed by atoms with Gasteiger partial charge in [-0.2, -0.15) is 5.10 Å². The molecule has 1 atom stereocenters. The highest BCUT2D eigenvalue weighted by atomic mass is 19.1. The zero-order valence-corrected chi connectivity index (χ0v) is 17.5. The lowest BCUT2D eigenvalue weighted by molar-refractivity contribution is -0.139. The lowest BCUT2D eigenvalue weighted by atomic mass is 9.95. The summed E-state index contributed by atoms with van der Waals surface area (Å²) in [4.78, 5) is 40.9. The highest BCUT2D eigenvalue weighted by Crippen LogP contribution is 2.27. The Morgan fingerprint density at radius 3 is 2.74 bits per heavy atom. The molecule has 1 aromatic heterocycles. The summed E-state index contributed by atoms with van der Waals surface area (Å²) in [6, 6.07) is 6.18. The molecule has 0 unspecified atom stereocenters. The van der Waals surface area contributed by atoms with E-state index in [1.165, 1.54) is 12.1 Å². The molecular formula is C22H26FN5O3. The molecule has 0 bridgehead atoms. The Kier molecular flexibility index (Phi) is 6.01. The topological polar surface area (TPSA) is 87.5 Å². The molecule has 3 heterocycles. The smallest absolute Gasteiger partial charge is 0.242 e. The number of rotatable bonds is 6. The Hall–Kier alpha value is -3.23. The highest BCUT2D eigenvalue weighted by molar-refractivity contribution is 5.88. The first-order chi connectivity index (χ1) is 14.9. The number of hydrogen-bond acceptors (Lipinski definition) is 4. The minimum Gasteiger partial charge on any atom is -0.355 e. The van der Waals surface area contributed by atoms with Gasteiger partial charge in [-0.05, 0) is 30.5 Å². The fourth-order valence-electron chi connectivity index (χ4n) is 4.18. The molecule has 2 aliphatic heterocycles. The Morgan fingerprint density at radius 1 is 1.26 bits per heavy atom. The van der Waals surface area contributed by atoms with Crippen molar-refractivity contribution in [1.82, 2.24) is 24.9 Å². The van der Waals surface area contributed by atoms with Crippen molar-refractivity contribution in [3.63, 3.8) is 0 Å². The zero-order chi connectivity index (χ0) is 22.0. The molecule has 0 spiro atoms. The maximum atomic E-state index is 13.0. The van der Waals surface area contributed by atoms with Crippen LogP contribution in [0.25, 0.3) is 0 Å². The van der Waals surface area contributed by atoms with Crippen LogP contribution in [0, 0.1) is 5.82 Å². The molecule has 1 N–H and O–H groups in total. The SMILES string of the molecule is Cn1cc2c(n1)[C@@H](C(=O)NCCc1ccc(F)cc1)CN(C(=O)CN1CCCC1=O)C2. The number of nitrogens with zero attached hydrogens (tertiary/aromatic N) is 4. The summed E-state index contributed by atoms with van der Waals surface area (Å²) in [6.07, 6.45) is 3.67. The molecule has 1 saturated heterocycles. The van der Waals surface area contributed by atoms with Crippen molar-refractivity contribution < 1.29 is 18.8 Å². The molecule has 0 radical (unpaired) electrons. The number of carbonyl (C=O) groups is 3. The summed E-state index contributed by atoms with van der Waals surface area (Å²) in [5.74, 6) is -1.22. The van der Waals surface area contributed by atoms with Crippen LogP contribution in [0.15, 0.2) is 30.5 Å². The first-order valence-electron chi connectivity index (χ1n) is 10.5. The van der Waals surface area contributed by atoms with Gasteiger partial charge in [0.2, 0.25) is 17.7 Å². The number of carbonyl (C=O) groups excluding carboxylic acids is 3. The fraction of sp³-hybridized carbons (Fsp3) is 0.455. The molecule has 31 heavy (non-hydrogen) atoms. The van der Waals surface area contributed by atoms with E-state index in [1.807, 2.05) is 6.20 Å². The number of fused-ring (bicyclic) bond motifs is 1. The van der Waals surface area contributed by atoms with Crippen LogP contribution in [0.3, 0.4) is 0 Å². The van der Waals surface area contributed by atoms with Crippen LogP contribution < -0.4 is 5.32 Å². The van der Waals surface area contributed by atoms with E-state index in [0.29, 0.717) is 38.2 Å². The van der Waals surface area contributed by atoms with Crippen LogP contribution in [-0.2, 0) is 34.4 Å². The van der Waals surface area contributed by atoms with Crippen molar-refractivity contribution in [2.75, 3.05) is 26.2 Å². The minimum absolute atomic E-state index is 0.00233. The predicted octanol–water partition coefficient (Wildman–Crippen LogP) is 0.966. The maximum Gasteiger partial charge on any atom is 0.242 e. The number of amides is 3. The van der Waals surface area contributed by atoms with Crippen LogP contribution in [0.1, 0.15) is 35.6 Å². The molecule has 1 aromatic carbocycles. The molecule has 1 fully saturated rings. The molecule has 0 aliphatic carbocycles. The molecule has 0 saturated carbocycles. The highest BCUT2D eigenvalue weighted by Gasteiger charge is 2.36. The summed E-state index contributed by atoms with van der Waals surface area (Å²) < 4.78 is 14.7. The third-order valence-corrected chi connectivity index (χ3v) is 5.82. The third-order valence-electron chi connectivity index (χ3n) is 5.82. The first-order valence-corrected chi connectivity index (χ1v) is 10.5. The van der Waals surface area contributed by atoms with Crippen LogP contribution in [0.4, 0.5) is 4.39 Å². The van der Waals surface area contributed by atoms with Crippen molar-refractivity contribution in [3.05, 3.63) is 53.1 Å². The molecule has 3 amide bonds. The summed E-state index contributed by atoms with van der Waals surface area (Å²) in [7, 11) is 1.79. The second-order valence-corrected chi connectivity index (χ2v) is 8.13. The van der Waals surface area contributed by atoms with Gasteiger partial charge in [-0.3, -0.25) is 19.1 Å². The van der Waals surface area contributed by atoms with Crippen LogP contribution in [0.5, 0.6) is 0 Å². The standard InChI is InChI=1S/C22H26FN5O3/c1-26-11-16-12-28(20(30)14-27-10-2-3-19(27)29)13-18(21(16)25-26)22(31)24-9-8-15-4-6-17(23)7-5-15/h4-7,11,18H,2-3,8-10,12-14H2,1H3,(H,24,31)/t18-/m0/s1. The molecule has 8 nitrogen and oxygen atoms in total. The monoisotopic (exact) mass is 427 g/mol. The Morgan fingerprint density at radius 2 is 2.03 bits per heavy atom. The normalized spacial score (nSPS) is 18.3. The number of hydrogen-bond donors (Lipinski definition) is 1. The van der Waals surface area contributed by atoms with E-state index in [4.69, 9.17) is 0 Å². The summed E-state index contributed by atoms with van der Waals surface area (Å²) in [5.41, 5.74) is 2.45. The van der Waals surface area contributed by atoms with Gasteiger partial charge in [-0.15, -0.1) is 0 Å². The lowest BCUT2D eigenvalue weighted by Crippen LogP contribution is -2.47. The minimum atomic E-state index is -0.573. The Bertz CT molecular complexity index is 988. The molecule has 2 aromatic rings. The number of aromatic nitrogens is 2. The van der Waals surface area contributed by atoms with E-state index in [0.717, 1.165) is 17.5 Å². The van der Waals surface area contributed by atoms with E-state index in [9.17, 15) is 18.8 Å². The van der Waals surface area contributed by atoms with Crippen molar-refractivity contribution >= 4 is 17.7 Å². The van der Waals surface area contributed by atoms with Crippen molar-refractivity contribution in [2.24, 2.45) is 7.05 Å². The lowest BCUT2D eigenvalue weighted by Gasteiger charge is -2.32. The number of likely N-dealkylation sites (tertiary alicyclic amines) is 1. The van der Waals surface area contributed by atoms with Gasteiger partial charge in [0.15, 0.2) is 0 Å². The Balaban J connectivity index is 1.41. The van der Waals surface area contributed by atoms with Gasteiger partial charge in [0.05, 0.1) is 18.2 Å². The number of aryl methyl sites for hydroxylation is 1. The van der Waals surface area contributed by atoms with E-state index >= 15 is 0 Å². The quantitative estimate of drug-likeness (QED) is 0.744. The molecule has 2 aliphatic rings. The first kappa shape index (κ1) is 21.0. The van der Waals surface area contributed by atoms with Crippen LogP contribution in [-0.4, -0.2) is 63.5 Å².